The normalized spacial score (nSPS) is 11.5. The van der Waals surface area contributed by atoms with E-state index < -0.39 is 0 Å². The summed E-state index contributed by atoms with van der Waals surface area (Å²) in [5.41, 5.74) is 10.5. The van der Waals surface area contributed by atoms with Crippen molar-refractivity contribution in [3.05, 3.63) is 121 Å². The summed E-state index contributed by atoms with van der Waals surface area (Å²) >= 11 is 0. The number of hydrogen-bond donors (Lipinski definition) is 0. The van der Waals surface area contributed by atoms with E-state index in [9.17, 15) is 5.26 Å². The van der Waals surface area contributed by atoms with E-state index in [2.05, 4.69) is 103 Å². The van der Waals surface area contributed by atoms with Crippen LogP contribution >= 0.6 is 0 Å². The lowest BCUT2D eigenvalue weighted by molar-refractivity contribution is 1.48. The molecule has 0 bridgehead atoms. The molecule has 0 N–H and O–H groups in total. The molecule has 0 spiro atoms. The maximum Gasteiger partial charge on any atom is 0.0991 e. The van der Waals surface area contributed by atoms with Crippen LogP contribution in [0, 0.1) is 11.3 Å². The summed E-state index contributed by atoms with van der Waals surface area (Å²) in [6, 6.07) is 43.0. The second-order valence-electron chi connectivity index (χ2n) is 8.81. The van der Waals surface area contributed by atoms with Crippen LogP contribution in [0.15, 0.2) is 115 Å². The third-order valence-corrected chi connectivity index (χ3v) is 7.00. The molecule has 0 radical (unpaired) electrons. The lowest BCUT2D eigenvalue weighted by atomic mass is 9.82. The largest absolute Gasteiger partial charge is 0.192 e. The molecule has 156 valence electrons. The van der Waals surface area contributed by atoms with Crippen molar-refractivity contribution in [1.29, 1.82) is 5.26 Å². The van der Waals surface area contributed by atoms with Gasteiger partial charge in [-0.3, -0.25) is 0 Å². The van der Waals surface area contributed by atoms with Crippen molar-refractivity contribution in [2.75, 3.05) is 0 Å². The summed E-state index contributed by atoms with van der Waals surface area (Å²) in [6.45, 7) is 0. The molecule has 1 aliphatic rings. The van der Waals surface area contributed by atoms with Crippen molar-refractivity contribution in [2.45, 2.75) is 0 Å². The molecule has 1 heteroatoms. The number of nitriles is 1. The first-order valence-electron chi connectivity index (χ1n) is 11.5. The highest BCUT2D eigenvalue weighted by atomic mass is 14.3. The Morgan fingerprint density at radius 2 is 1.03 bits per heavy atom. The van der Waals surface area contributed by atoms with Gasteiger partial charge in [0.05, 0.1) is 11.6 Å². The minimum absolute atomic E-state index is 0.677. The maximum atomic E-state index is 9.62. The Balaban J connectivity index is 1.76. The van der Waals surface area contributed by atoms with E-state index in [0.717, 1.165) is 5.56 Å². The highest BCUT2D eigenvalue weighted by molar-refractivity contribution is 6.27. The first-order valence-corrected chi connectivity index (χ1v) is 11.5. The van der Waals surface area contributed by atoms with Crippen LogP contribution in [-0.4, -0.2) is 0 Å². The van der Waals surface area contributed by atoms with E-state index in [1.165, 1.54) is 60.5 Å². The predicted molar refractivity (Wildman–Crippen MR) is 141 cm³/mol. The van der Waals surface area contributed by atoms with E-state index in [4.69, 9.17) is 0 Å². The summed E-state index contributed by atoms with van der Waals surface area (Å²) in [5.74, 6) is 0. The molecule has 0 amide bonds. The summed E-state index contributed by atoms with van der Waals surface area (Å²) in [4.78, 5) is 0. The first kappa shape index (κ1) is 18.9. The minimum atomic E-state index is 0.677. The molecule has 0 aliphatic heterocycles. The molecule has 1 nitrogen and oxygen atoms in total. The van der Waals surface area contributed by atoms with E-state index in [1.54, 1.807) is 0 Å². The first-order chi connectivity index (χ1) is 16.8. The molecule has 0 aromatic heterocycles. The van der Waals surface area contributed by atoms with Crippen molar-refractivity contribution in [3.8, 4) is 50.6 Å². The molecule has 6 aromatic carbocycles. The van der Waals surface area contributed by atoms with Gasteiger partial charge in [0.25, 0.3) is 0 Å². The molecule has 0 saturated carbocycles. The van der Waals surface area contributed by atoms with Gasteiger partial charge < -0.3 is 0 Å². The summed E-state index contributed by atoms with van der Waals surface area (Å²) in [7, 11) is 0. The van der Waals surface area contributed by atoms with Gasteiger partial charge in [0.2, 0.25) is 0 Å². The van der Waals surface area contributed by atoms with Gasteiger partial charge in [-0.2, -0.15) is 5.26 Å². The van der Waals surface area contributed by atoms with Gasteiger partial charge in [-0.25, -0.2) is 0 Å². The molecule has 6 aromatic rings. The zero-order chi connectivity index (χ0) is 22.6. The smallest absolute Gasteiger partial charge is 0.0991 e. The molecular formula is C33H19N. The molecule has 34 heavy (non-hydrogen) atoms. The molecular weight excluding hydrogens is 410 g/mol. The summed E-state index contributed by atoms with van der Waals surface area (Å²) in [5, 5.41) is 14.6. The van der Waals surface area contributed by atoms with Crippen molar-refractivity contribution in [3.63, 3.8) is 0 Å². The molecule has 0 fully saturated rings. The quantitative estimate of drug-likeness (QED) is 0.269. The Labute approximate surface area is 198 Å². The monoisotopic (exact) mass is 429 g/mol. The van der Waals surface area contributed by atoms with E-state index in [1.807, 2.05) is 18.2 Å². The van der Waals surface area contributed by atoms with Crippen LogP contribution in [0.25, 0.3) is 66.1 Å². The van der Waals surface area contributed by atoms with Crippen LogP contribution in [0.3, 0.4) is 0 Å². The number of fused-ring (bicyclic) bond motifs is 4. The third kappa shape index (κ3) is 2.54. The van der Waals surface area contributed by atoms with Crippen LogP contribution in [-0.2, 0) is 0 Å². The fraction of sp³-hybridized carbons (Fsp3) is 0. The van der Waals surface area contributed by atoms with Gasteiger partial charge in [0.1, 0.15) is 0 Å². The molecule has 1 aliphatic carbocycles. The zero-order valence-corrected chi connectivity index (χ0v) is 18.4. The van der Waals surface area contributed by atoms with E-state index in [-0.39, 0.29) is 0 Å². The molecule has 0 unspecified atom stereocenters. The van der Waals surface area contributed by atoms with Gasteiger partial charge in [0, 0.05) is 0 Å². The fourth-order valence-electron chi connectivity index (χ4n) is 5.68. The van der Waals surface area contributed by atoms with Crippen molar-refractivity contribution in [2.24, 2.45) is 0 Å². The van der Waals surface area contributed by atoms with Crippen LogP contribution in [0.1, 0.15) is 5.56 Å². The maximum absolute atomic E-state index is 9.62. The lowest BCUT2D eigenvalue weighted by Gasteiger charge is -2.20. The Morgan fingerprint density at radius 1 is 0.471 bits per heavy atom. The van der Waals surface area contributed by atoms with Gasteiger partial charge in [-0.05, 0) is 78.2 Å². The Bertz CT molecular complexity index is 1800. The predicted octanol–water partition coefficient (Wildman–Crippen LogP) is 8.85. The second kappa shape index (κ2) is 7.17. The van der Waals surface area contributed by atoms with Crippen LogP contribution in [0.5, 0.6) is 0 Å². The molecule has 0 heterocycles. The number of hydrogen-bond acceptors (Lipinski definition) is 1. The average molecular weight is 430 g/mol. The Morgan fingerprint density at radius 3 is 1.68 bits per heavy atom. The average Bonchev–Trinajstić information content (AvgIpc) is 3.23. The van der Waals surface area contributed by atoms with Gasteiger partial charge >= 0.3 is 0 Å². The van der Waals surface area contributed by atoms with Crippen molar-refractivity contribution >= 4 is 21.5 Å². The van der Waals surface area contributed by atoms with Crippen LogP contribution < -0.4 is 0 Å². The highest BCUT2D eigenvalue weighted by Gasteiger charge is 2.30. The number of rotatable bonds is 2. The van der Waals surface area contributed by atoms with Crippen LogP contribution in [0.2, 0.25) is 0 Å². The molecule has 0 atom stereocenters. The van der Waals surface area contributed by atoms with Gasteiger partial charge in [-0.1, -0.05) is 103 Å². The lowest BCUT2D eigenvalue weighted by Crippen LogP contribution is -1.93. The van der Waals surface area contributed by atoms with E-state index >= 15 is 0 Å². The fourth-order valence-corrected chi connectivity index (χ4v) is 5.68. The second-order valence-corrected chi connectivity index (χ2v) is 8.81. The topological polar surface area (TPSA) is 23.8 Å². The Kier molecular flexibility index (Phi) is 3.98. The zero-order valence-electron chi connectivity index (χ0n) is 18.4. The number of nitrogens with zero attached hydrogens (tertiary/aromatic N) is 1. The van der Waals surface area contributed by atoms with Crippen LogP contribution in [0.4, 0.5) is 0 Å². The van der Waals surface area contributed by atoms with Crippen molar-refractivity contribution < 1.29 is 0 Å². The summed E-state index contributed by atoms with van der Waals surface area (Å²) < 4.78 is 0. The van der Waals surface area contributed by atoms with E-state index in [0.29, 0.717) is 5.56 Å². The molecule has 7 rings (SSSR count). The number of benzene rings is 6. The van der Waals surface area contributed by atoms with Gasteiger partial charge in [-0.15, -0.1) is 0 Å². The molecule has 0 saturated heterocycles. The SMILES string of the molecule is N#Cc1cccc(-c2c3c(c(-c4ccccc4)c4ccccc24)-c2cccc4cccc-3c24)c1. The van der Waals surface area contributed by atoms with Gasteiger partial charge in [0.15, 0.2) is 0 Å². The highest BCUT2D eigenvalue weighted by Crippen LogP contribution is 2.57. The third-order valence-electron chi connectivity index (χ3n) is 7.00. The standard InChI is InChI=1S/C33H19N/c34-20-21-9-6-14-24(19-21)31-26-16-5-4-15-25(26)30(23-10-2-1-3-11-23)32-27-17-7-12-22-13-8-18-28(29(22)27)33(31)32/h1-19H. The summed E-state index contributed by atoms with van der Waals surface area (Å²) in [6.07, 6.45) is 0. The minimum Gasteiger partial charge on any atom is -0.192 e. The Hall–Kier alpha value is -4.67. The van der Waals surface area contributed by atoms with Crippen molar-refractivity contribution in [1.82, 2.24) is 0 Å².